The van der Waals surface area contributed by atoms with Crippen molar-refractivity contribution in [3.8, 4) is 0 Å². The number of nitrogens with one attached hydrogen (secondary N) is 1. The van der Waals surface area contributed by atoms with E-state index in [0.29, 0.717) is 0 Å². The highest BCUT2D eigenvalue weighted by Crippen LogP contribution is 2.09. The molecule has 0 spiro atoms. The van der Waals surface area contributed by atoms with Crippen LogP contribution in [0.2, 0.25) is 0 Å². The van der Waals surface area contributed by atoms with Crippen LogP contribution in [0.3, 0.4) is 0 Å². The molecule has 0 fully saturated rings. The highest BCUT2D eigenvalue weighted by Gasteiger charge is 2.19. The Labute approximate surface area is 94.7 Å². The molecule has 4 heteroatoms. The van der Waals surface area contributed by atoms with Gasteiger partial charge >= 0.3 is 0 Å². The molecule has 84 valence electrons. The SMILES string of the molecule is CC(C)OCC(=O)NC(C)(C)CCBr. The molecule has 0 aliphatic rings. The minimum absolute atomic E-state index is 0.0512. The van der Waals surface area contributed by atoms with Crippen LogP contribution < -0.4 is 5.32 Å². The number of amides is 1. The van der Waals surface area contributed by atoms with E-state index >= 15 is 0 Å². The fourth-order valence-electron chi connectivity index (χ4n) is 0.955. The van der Waals surface area contributed by atoms with Crippen LogP contribution in [0, 0.1) is 0 Å². The fraction of sp³-hybridized carbons (Fsp3) is 0.900. The van der Waals surface area contributed by atoms with Gasteiger partial charge in [0.2, 0.25) is 5.91 Å². The van der Waals surface area contributed by atoms with Gasteiger partial charge in [-0.05, 0) is 34.1 Å². The van der Waals surface area contributed by atoms with Gasteiger partial charge in [-0.25, -0.2) is 0 Å². The Hall–Kier alpha value is -0.0900. The maximum Gasteiger partial charge on any atom is 0.246 e. The summed E-state index contributed by atoms with van der Waals surface area (Å²) in [4.78, 5) is 11.4. The van der Waals surface area contributed by atoms with Gasteiger partial charge in [0, 0.05) is 10.9 Å². The molecule has 0 unspecified atom stereocenters. The Bertz CT molecular complexity index is 181. The lowest BCUT2D eigenvalue weighted by molar-refractivity contribution is -0.128. The molecule has 0 aliphatic heterocycles. The first-order valence-electron chi connectivity index (χ1n) is 4.86. The van der Waals surface area contributed by atoms with Crippen molar-refractivity contribution >= 4 is 21.8 Å². The first-order valence-corrected chi connectivity index (χ1v) is 5.98. The minimum Gasteiger partial charge on any atom is -0.369 e. The maximum atomic E-state index is 11.4. The van der Waals surface area contributed by atoms with E-state index in [1.165, 1.54) is 0 Å². The number of ether oxygens (including phenoxy) is 1. The summed E-state index contributed by atoms with van der Waals surface area (Å²) >= 11 is 3.35. The monoisotopic (exact) mass is 265 g/mol. The standard InChI is InChI=1S/C10H20BrNO2/c1-8(2)14-7-9(13)12-10(3,4)5-6-11/h8H,5-7H2,1-4H3,(H,12,13). The molecule has 0 aromatic carbocycles. The first-order chi connectivity index (χ1) is 6.37. The molecule has 0 saturated heterocycles. The van der Waals surface area contributed by atoms with E-state index < -0.39 is 0 Å². The molecule has 1 N–H and O–H groups in total. The van der Waals surface area contributed by atoms with Crippen molar-refractivity contribution in [3.05, 3.63) is 0 Å². The topological polar surface area (TPSA) is 38.3 Å². The van der Waals surface area contributed by atoms with Crippen LogP contribution in [0.4, 0.5) is 0 Å². The van der Waals surface area contributed by atoms with Gasteiger partial charge in [0.15, 0.2) is 0 Å². The molecular weight excluding hydrogens is 246 g/mol. The van der Waals surface area contributed by atoms with E-state index in [2.05, 4.69) is 21.2 Å². The van der Waals surface area contributed by atoms with E-state index in [1.807, 2.05) is 27.7 Å². The molecule has 0 aromatic rings. The fourth-order valence-corrected chi connectivity index (χ4v) is 1.95. The zero-order valence-electron chi connectivity index (χ0n) is 9.39. The summed E-state index contributed by atoms with van der Waals surface area (Å²) in [6, 6.07) is 0. The third kappa shape index (κ3) is 7.33. The largest absolute Gasteiger partial charge is 0.369 e. The smallest absolute Gasteiger partial charge is 0.246 e. The average Bonchev–Trinajstić information content (AvgIpc) is 1.99. The quantitative estimate of drug-likeness (QED) is 0.747. The van der Waals surface area contributed by atoms with Gasteiger partial charge in [0.05, 0.1) is 6.10 Å². The van der Waals surface area contributed by atoms with Crippen molar-refractivity contribution in [1.82, 2.24) is 5.32 Å². The van der Waals surface area contributed by atoms with Crippen molar-refractivity contribution in [2.24, 2.45) is 0 Å². The second-order valence-electron chi connectivity index (χ2n) is 4.23. The Morgan fingerprint density at radius 2 is 2.07 bits per heavy atom. The Morgan fingerprint density at radius 1 is 1.50 bits per heavy atom. The van der Waals surface area contributed by atoms with Crippen molar-refractivity contribution in [2.45, 2.75) is 45.8 Å². The van der Waals surface area contributed by atoms with Crippen molar-refractivity contribution in [1.29, 1.82) is 0 Å². The van der Waals surface area contributed by atoms with Crippen LogP contribution in [0.1, 0.15) is 34.1 Å². The molecule has 0 radical (unpaired) electrons. The van der Waals surface area contributed by atoms with Gasteiger partial charge in [-0.1, -0.05) is 15.9 Å². The lowest BCUT2D eigenvalue weighted by atomic mass is 10.0. The molecule has 0 atom stereocenters. The summed E-state index contributed by atoms with van der Waals surface area (Å²) in [6.45, 7) is 7.97. The van der Waals surface area contributed by atoms with E-state index in [9.17, 15) is 4.79 Å². The van der Waals surface area contributed by atoms with Crippen LogP contribution in [-0.2, 0) is 9.53 Å². The number of alkyl halides is 1. The third-order valence-electron chi connectivity index (χ3n) is 1.75. The molecular formula is C10H20BrNO2. The summed E-state index contributed by atoms with van der Waals surface area (Å²) in [5.41, 5.74) is -0.166. The van der Waals surface area contributed by atoms with Crippen molar-refractivity contribution < 1.29 is 9.53 Å². The molecule has 0 bridgehead atoms. The van der Waals surface area contributed by atoms with Gasteiger partial charge in [-0.15, -0.1) is 0 Å². The molecule has 1 amide bonds. The number of hydrogen-bond donors (Lipinski definition) is 1. The zero-order chi connectivity index (χ0) is 11.2. The maximum absolute atomic E-state index is 11.4. The summed E-state index contributed by atoms with van der Waals surface area (Å²) in [5, 5.41) is 3.80. The number of carbonyl (C=O) groups is 1. The Balaban J connectivity index is 3.81. The number of rotatable bonds is 6. The van der Waals surface area contributed by atoms with Gasteiger partial charge in [-0.3, -0.25) is 4.79 Å². The average molecular weight is 266 g/mol. The second kappa shape index (κ2) is 6.40. The highest BCUT2D eigenvalue weighted by molar-refractivity contribution is 9.09. The number of carbonyl (C=O) groups excluding carboxylic acids is 1. The molecule has 0 saturated carbocycles. The lowest BCUT2D eigenvalue weighted by Gasteiger charge is -2.25. The van der Waals surface area contributed by atoms with Gasteiger partial charge in [-0.2, -0.15) is 0 Å². The predicted molar refractivity (Wildman–Crippen MR) is 61.7 cm³/mol. The van der Waals surface area contributed by atoms with Crippen molar-refractivity contribution in [2.75, 3.05) is 11.9 Å². The van der Waals surface area contributed by atoms with E-state index in [4.69, 9.17) is 4.74 Å². The van der Waals surface area contributed by atoms with Crippen molar-refractivity contribution in [3.63, 3.8) is 0 Å². The van der Waals surface area contributed by atoms with Crippen LogP contribution in [0.5, 0.6) is 0 Å². The molecule has 14 heavy (non-hydrogen) atoms. The van der Waals surface area contributed by atoms with Gasteiger partial charge in [0.1, 0.15) is 6.61 Å². The lowest BCUT2D eigenvalue weighted by Crippen LogP contribution is -2.45. The first kappa shape index (κ1) is 13.9. The normalized spacial score (nSPS) is 11.9. The van der Waals surface area contributed by atoms with Crippen LogP contribution >= 0.6 is 15.9 Å². The molecule has 3 nitrogen and oxygen atoms in total. The minimum atomic E-state index is -0.166. The van der Waals surface area contributed by atoms with Gasteiger partial charge < -0.3 is 10.1 Å². The molecule has 0 aliphatic carbocycles. The highest BCUT2D eigenvalue weighted by atomic mass is 79.9. The molecule has 0 rings (SSSR count). The molecule has 0 heterocycles. The Morgan fingerprint density at radius 3 is 2.50 bits per heavy atom. The zero-order valence-corrected chi connectivity index (χ0v) is 11.0. The summed E-state index contributed by atoms with van der Waals surface area (Å²) < 4.78 is 5.20. The van der Waals surface area contributed by atoms with E-state index in [0.717, 1.165) is 11.8 Å². The summed E-state index contributed by atoms with van der Waals surface area (Å²) in [5.74, 6) is -0.0512. The second-order valence-corrected chi connectivity index (χ2v) is 5.02. The molecule has 0 aromatic heterocycles. The number of halogens is 1. The van der Waals surface area contributed by atoms with Gasteiger partial charge in [0.25, 0.3) is 0 Å². The summed E-state index contributed by atoms with van der Waals surface area (Å²) in [7, 11) is 0. The Kier molecular flexibility index (Phi) is 6.36. The van der Waals surface area contributed by atoms with E-state index in [-0.39, 0.29) is 24.2 Å². The van der Waals surface area contributed by atoms with E-state index in [1.54, 1.807) is 0 Å². The third-order valence-corrected chi connectivity index (χ3v) is 2.14. The van der Waals surface area contributed by atoms with Crippen LogP contribution in [-0.4, -0.2) is 29.5 Å². The predicted octanol–water partition coefficient (Wildman–Crippen LogP) is 2.09. The van der Waals surface area contributed by atoms with Crippen LogP contribution in [0.15, 0.2) is 0 Å². The summed E-state index contributed by atoms with van der Waals surface area (Å²) in [6.07, 6.45) is 1.00. The number of hydrogen-bond acceptors (Lipinski definition) is 2. The van der Waals surface area contributed by atoms with Crippen LogP contribution in [0.25, 0.3) is 0 Å².